The highest BCUT2D eigenvalue weighted by Gasteiger charge is 2.40. The molecule has 0 aromatic carbocycles. The number of aromatic nitrogens is 3. The smallest absolute Gasteiger partial charge is 0.266 e. The second-order valence-corrected chi connectivity index (χ2v) is 10.5. The molecule has 0 bridgehead atoms. The van der Waals surface area contributed by atoms with Gasteiger partial charge in [0.25, 0.3) is 5.92 Å². The molecule has 2 N–H and O–H groups in total. The molecule has 1 fully saturated rings. The Morgan fingerprint density at radius 1 is 1.27 bits per heavy atom. The molecule has 0 saturated carbocycles. The maximum atomic E-state index is 13.8. The van der Waals surface area contributed by atoms with E-state index in [2.05, 4.69) is 24.6 Å². The molecular weight excluding hydrogens is 414 g/mol. The Morgan fingerprint density at radius 3 is 2.47 bits per heavy atom. The Morgan fingerprint density at radius 2 is 1.93 bits per heavy atom. The number of hydrogen-bond donors (Lipinski definition) is 2. The predicted octanol–water partition coefficient (Wildman–Crippen LogP) is 3.30. The quantitative estimate of drug-likeness (QED) is 0.664. The van der Waals surface area contributed by atoms with Crippen molar-refractivity contribution in [1.82, 2.24) is 15.0 Å². The molecular formula is C19H26F2N6O2S. The van der Waals surface area contributed by atoms with Crippen LogP contribution in [0, 0.1) is 0 Å². The first kappa shape index (κ1) is 22.3. The second kappa shape index (κ2) is 8.38. The average molecular weight is 441 g/mol. The largest absolute Gasteiger partial charge is 0.369 e. The van der Waals surface area contributed by atoms with E-state index in [-0.39, 0.29) is 36.1 Å². The zero-order valence-corrected chi connectivity index (χ0v) is 18.2. The van der Waals surface area contributed by atoms with Crippen molar-refractivity contribution in [2.45, 2.75) is 38.3 Å². The summed E-state index contributed by atoms with van der Waals surface area (Å²) in [6, 6.07) is 1.53. The van der Waals surface area contributed by atoms with Gasteiger partial charge in [0.1, 0.15) is 17.2 Å². The summed E-state index contributed by atoms with van der Waals surface area (Å²) in [5.74, 6) is -1.83. The normalized spacial score (nSPS) is 17.3. The summed E-state index contributed by atoms with van der Waals surface area (Å²) in [5, 5.41) is 13.6. The third kappa shape index (κ3) is 5.39. The Hall–Kier alpha value is -2.40. The lowest BCUT2D eigenvalue weighted by atomic mass is 10.2. The van der Waals surface area contributed by atoms with Gasteiger partial charge in [0, 0.05) is 65.3 Å². The maximum Gasteiger partial charge on any atom is 0.266 e. The molecule has 1 atom stereocenters. The number of anilines is 2. The number of alkyl halides is 2. The number of halogens is 2. The van der Waals surface area contributed by atoms with Crippen LogP contribution in [-0.4, -0.2) is 55.8 Å². The van der Waals surface area contributed by atoms with E-state index >= 15 is 0 Å². The van der Waals surface area contributed by atoms with Crippen LogP contribution in [0.2, 0.25) is 0 Å². The molecule has 1 aliphatic heterocycles. The monoisotopic (exact) mass is 440 g/mol. The van der Waals surface area contributed by atoms with Crippen molar-refractivity contribution < 1.29 is 18.1 Å². The third-order valence-corrected chi connectivity index (χ3v) is 5.14. The van der Waals surface area contributed by atoms with Gasteiger partial charge in [-0.05, 0) is 6.07 Å². The summed E-state index contributed by atoms with van der Waals surface area (Å²) in [6.07, 6.45) is 5.83. The molecule has 0 spiro atoms. The topological polar surface area (TPSA) is 104 Å². The van der Waals surface area contributed by atoms with E-state index in [1.165, 1.54) is 42.1 Å². The van der Waals surface area contributed by atoms with Crippen LogP contribution in [0.5, 0.6) is 0 Å². The number of aliphatic hydroxyl groups is 1. The van der Waals surface area contributed by atoms with E-state index in [4.69, 9.17) is 0 Å². The van der Waals surface area contributed by atoms with Crippen LogP contribution >= 0.6 is 0 Å². The summed E-state index contributed by atoms with van der Waals surface area (Å²) in [6.45, 7) is 3.53. The zero-order valence-electron chi connectivity index (χ0n) is 17.3. The number of nitrogens with one attached hydrogen (secondary N) is 1. The predicted molar refractivity (Wildman–Crippen MR) is 113 cm³/mol. The van der Waals surface area contributed by atoms with Crippen LogP contribution in [0.25, 0.3) is 0 Å². The van der Waals surface area contributed by atoms with Crippen molar-refractivity contribution in [3.05, 3.63) is 36.0 Å². The minimum absolute atomic E-state index is 0.105. The van der Waals surface area contributed by atoms with E-state index in [0.717, 1.165) is 0 Å². The lowest BCUT2D eigenvalue weighted by Crippen LogP contribution is -2.27. The average Bonchev–Trinajstić information content (AvgIpc) is 3.01. The van der Waals surface area contributed by atoms with E-state index in [0.29, 0.717) is 11.4 Å². The molecule has 1 unspecified atom stereocenters. The second-order valence-electron chi connectivity index (χ2n) is 7.90. The molecule has 0 aliphatic carbocycles. The lowest BCUT2D eigenvalue weighted by Gasteiger charge is -2.24. The van der Waals surface area contributed by atoms with Crippen LogP contribution in [0.1, 0.15) is 43.8 Å². The summed E-state index contributed by atoms with van der Waals surface area (Å²) in [7, 11) is -2.54. The summed E-state index contributed by atoms with van der Waals surface area (Å²) < 4.78 is 44.1. The molecule has 3 heterocycles. The molecule has 1 saturated heterocycles. The fourth-order valence-electron chi connectivity index (χ4n) is 3.06. The summed E-state index contributed by atoms with van der Waals surface area (Å²) >= 11 is 0. The van der Waals surface area contributed by atoms with E-state index in [1.807, 2.05) is 13.8 Å². The summed E-state index contributed by atoms with van der Waals surface area (Å²) in [5.41, 5.74) is 0.886. The van der Waals surface area contributed by atoms with E-state index < -0.39 is 28.4 Å². The van der Waals surface area contributed by atoms with E-state index in [9.17, 15) is 18.1 Å². The highest BCUT2D eigenvalue weighted by molar-refractivity contribution is 7.92. The summed E-state index contributed by atoms with van der Waals surface area (Å²) in [4.78, 5) is 14.1. The fourth-order valence-corrected chi connectivity index (χ4v) is 3.68. The molecule has 11 heteroatoms. The Kier molecular flexibility index (Phi) is 6.23. The molecule has 2 aromatic heterocycles. The van der Waals surface area contributed by atoms with Crippen LogP contribution in [-0.2, 0) is 9.73 Å². The van der Waals surface area contributed by atoms with Gasteiger partial charge in [0.15, 0.2) is 12.0 Å². The van der Waals surface area contributed by atoms with Crippen LogP contribution in [0.3, 0.4) is 0 Å². The first-order valence-corrected chi connectivity index (χ1v) is 11.8. The van der Waals surface area contributed by atoms with Gasteiger partial charge in [-0.15, -0.1) is 0 Å². The van der Waals surface area contributed by atoms with Gasteiger partial charge < -0.3 is 15.3 Å². The lowest BCUT2D eigenvalue weighted by molar-refractivity contribution is 0.0257. The number of aliphatic hydroxyl groups excluding tert-OH is 1. The van der Waals surface area contributed by atoms with Crippen LogP contribution in [0.15, 0.2) is 29.0 Å². The van der Waals surface area contributed by atoms with E-state index in [1.54, 1.807) is 0 Å². The SMILES string of the molecule is CC(C)c1ncc(C(O)Nc2c(N=S(C)(C)=O)ccnc2N2CCC(F)(F)C2)cn1. The maximum absolute atomic E-state index is 13.8. The van der Waals surface area contributed by atoms with Crippen molar-refractivity contribution in [3.8, 4) is 0 Å². The molecule has 164 valence electrons. The van der Waals surface area contributed by atoms with Gasteiger partial charge in [-0.25, -0.2) is 27.9 Å². The van der Waals surface area contributed by atoms with Gasteiger partial charge >= 0.3 is 0 Å². The molecule has 2 aromatic rings. The fraction of sp³-hybridized carbons (Fsp3) is 0.526. The Labute approximate surface area is 175 Å². The van der Waals surface area contributed by atoms with Crippen molar-refractivity contribution in [3.63, 3.8) is 0 Å². The first-order valence-electron chi connectivity index (χ1n) is 9.50. The van der Waals surface area contributed by atoms with Crippen LogP contribution in [0.4, 0.5) is 26.0 Å². The Bertz CT molecular complexity index is 1010. The minimum atomic E-state index is -2.83. The molecule has 1 aliphatic rings. The number of nitrogens with zero attached hydrogens (tertiary/aromatic N) is 5. The number of pyridine rings is 1. The number of rotatable bonds is 6. The van der Waals surface area contributed by atoms with Crippen molar-refractivity contribution in [2.24, 2.45) is 4.36 Å². The first-order chi connectivity index (χ1) is 14.0. The van der Waals surface area contributed by atoms with Gasteiger partial charge in [0.05, 0.1) is 6.54 Å². The Balaban J connectivity index is 1.99. The van der Waals surface area contributed by atoms with Gasteiger partial charge in [0.2, 0.25) is 0 Å². The highest BCUT2D eigenvalue weighted by Crippen LogP contribution is 2.39. The van der Waals surface area contributed by atoms with Gasteiger partial charge in [-0.1, -0.05) is 13.8 Å². The third-order valence-electron chi connectivity index (χ3n) is 4.50. The minimum Gasteiger partial charge on any atom is -0.369 e. The highest BCUT2D eigenvalue weighted by atomic mass is 32.2. The molecule has 30 heavy (non-hydrogen) atoms. The van der Waals surface area contributed by atoms with Crippen molar-refractivity contribution >= 4 is 26.9 Å². The molecule has 3 rings (SSSR count). The zero-order chi connectivity index (χ0) is 22.1. The van der Waals surface area contributed by atoms with Crippen molar-refractivity contribution in [2.75, 3.05) is 35.8 Å². The molecule has 8 nitrogen and oxygen atoms in total. The standard InChI is InChI=1S/C19H26F2N6O2S/c1-12(2)16-23-9-13(10-24-16)18(28)25-15-14(26-30(3,4)29)5-7-22-17(15)27-8-6-19(20,21)11-27/h5,7,9-10,12,18,25,28H,6,8,11H2,1-4H3. The van der Waals surface area contributed by atoms with Gasteiger partial charge in [-0.3, -0.25) is 0 Å². The van der Waals surface area contributed by atoms with Crippen LogP contribution < -0.4 is 10.2 Å². The van der Waals surface area contributed by atoms with Crippen molar-refractivity contribution in [1.29, 1.82) is 0 Å². The van der Waals surface area contributed by atoms with Gasteiger partial charge in [-0.2, -0.15) is 4.36 Å². The number of hydrogen-bond acceptors (Lipinski definition) is 8. The molecule has 0 amide bonds. The molecule has 0 radical (unpaired) electrons.